The summed E-state index contributed by atoms with van der Waals surface area (Å²) in [5.74, 6) is 0.112. The molecule has 2 aliphatic carbocycles. The molecule has 0 saturated heterocycles. The monoisotopic (exact) mass is 385 g/mol. The van der Waals surface area contributed by atoms with Gasteiger partial charge in [0, 0.05) is 25.5 Å². The molecule has 28 heavy (non-hydrogen) atoms. The van der Waals surface area contributed by atoms with Crippen molar-refractivity contribution in [3.63, 3.8) is 0 Å². The Hall–Kier alpha value is -2.63. The summed E-state index contributed by atoms with van der Waals surface area (Å²) in [4.78, 5) is 24.8. The Bertz CT molecular complexity index is 765. The summed E-state index contributed by atoms with van der Waals surface area (Å²) in [6, 6.07) is 4.69. The van der Waals surface area contributed by atoms with Crippen LogP contribution in [0.1, 0.15) is 56.6 Å². The fourth-order valence-electron chi connectivity index (χ4n) is 3.30. The van der Waals surface area contributed by atoms with Gasteiger partial charge >= 0.3 is 0 Å². The molecule has 150 valence electrons. The Balaban J connectivity index is 1.82. The van der Waals surface area contributed by atoms with Crippen molar-refractivity contribution < 1.29 is 14.0 Å². The molecule has 2 amide bonds. The topological polar surface area (TPSA) is 61.4 Å². The van der Waals surface area contributed by atoms with E-state index in [1.54, 1.807) is 12.1 Å². The molecule has 2 fully saturated rings. The molecule has 2 aliphatic rings. The SMILES string of the molecule is CNC(=O)/C=C\N(C=O)C(CCC1CC1)c1ccc(F)c(NC=C2CCC2)c1. The summed E-state index contributed by atoms with van der Waals surface area (Å²) in [7, 11) is 1.54. The summed E-state index contributed by atoms with van der Waals surface area (Å²) in [5, 5.41) is 5.58. The summed E-state index contributed by atoms with van der Waals surface area (Å²) in [5.41, 5.74) is 2.55. The molecule has 1 unspecified atom stereocenters. The number of benzene rings is 1. The zero-order chi connectivity index (χ0) is 19.9. The van der Waals surface area contributed by atoms with Crippen LogP contribution in [0.3, 0.4) is 0 Å². The maximum atomic E-state index is 14.3. The van der Waals surface area contributed by atoms with Gasteiger partial charge in [-0.2, -0.15) is 0 Å². The fraction of sp³-hybridized carbons (Fsp3) is 0.455. The molecule has 6 heteroatoms. The summed E-state index contributed by atoms with van der Waals surface area (Å²) in [6.45, 7) is 0. The van der Waals surface area contributed by atoms with Gasteiger partial charge in [-0.25, -0.2) is 4.39 Å². The predicted octanol–water partition coefficient (Wildman–Crippen LogP) is 4.25. The van der Waals surface area contributed by atoms with E-state index in [-0.39, 0.29) is 17.8 Å². The summed E-state index contributed by atoms with van der Waals surface area (Å²) < 4.78 is 14.3. The number of carbonyl (C=O) groups is 2. The maximum Gasteiger partial charge on any atom is 0.245 e. The molecule has 5 nitrogen and oxygen atoms in total. The molecule has 1 atom stereocenters. The van der Waals surface area contributed by atoms with E-state index in [9.17, 15) is 14.0 Å². The number of anilines is 1. The Kier molecular flexibility index (Phi) is 6.85. The molecule has 0 heterocycles. The van der Waals surface area contributed by atoms with Crippen LogP contribution in [0, 0.1) is 11.7 Å². The Morgan fingerprint density at radius 2 is 2.14 bits per heavy atom. The fourth-order valence-corrected chi connectivity index (χ4v) is 3.30. The van der Waals surface area contributed by atoms with E-state index in [0.717, 1.165) is 37.7 Å². The van der Waals surface area contributed by atoms with Crippen molar-refractivity contribution in [2.24, 2.45) is 5.92 Å². The van der Waals surface area contributed by atoms with E-state index >= 15 is 0 Å². The maximum absolute atomic E-state index is 14.3. The second-order valence-electron chi connectivity index (χ2n) is 7.56. The third-order valence-electron chi connectivity index (χ3n) is 5.47. The second kappa shape index (κ2) is 9.53. The number of halogens is 1. The molecule has 0 aromatic heterocycles. The largest absolute Gasteiger partial charge is 0.359 e. The smallest absolute Gasteiger partial charge is 0.245 e. The van der Waals surface area contributed by atoms with E-state index in [4.69, 9.17) is 0 Å². The zero-order valence-corrected chi connectivity index (χ0v) is 16.3. The molecule has 0 bridgehead atoms. The highest BCUT2D eigenvalue weighted by atomic mass is 19.1. The van der Waals surface area contributed by atoms with Gasteiger partial charge in [-0.15, -0.1) is 0 Å². The van der Waals surface area contributed by atoms with Crippen LogP contribution < -0.4 is 10.6 Å². The van der Waals surface area contributed by atoms with Crippen LogP contribution in [-0.4, -0.2) is 24.3 Å². The van der Waals surface area contributed by atoms with Crippen LogP contribution in [0.25, 0.3) is 0 Å². The van der Waals surface area contributed by atoms with Crippen molar-refractivity contribution in [1.82, 2.24) is 10.2 Å². The summed E-state index contributed by atoms with van der Waals surface area (Å²) >= 11 is 0. The highest BCUT2D eigenvalue weighted by Gasteiger charge is 2.26. The minimum Gasteiger partial charge on any atom is -0.359 e. The quantitative estimate of drug-likeness (QED) is 0.467. The lowest BCUT2D eigenvalue weighted by atomic mass is 9.93. The number of carbonyl (C=O) groups excluding carboxylic acids is 2. The minimum absolute atomic E-state index is 0.239. The second-order valence-corrected chi connectivity index (χ2v) is 7.56. The number of hydrogen-bond acceptors (Lipinski definition) is 3. The molecule has 0 spiro atoms. The van der Waals surface area contributed by atoms with Crippen LogP contribution in [0.2, 0.25) is 0 Å². The van der Waals surface area contributed by atoms with E-state index in [1.807, 2.05) is 6.20 Å². The van der Waals surface area contributed by atoms with Crippen molar-refractivity contribution in [2.75, 3.05) is 12.4 Å². The van der Waals surface area contributed by atoms with Crippen molar-refractivity contribution >= 4 is 18.0 Å². The van der Waals surface area contributed by atoms with Crippen LogP contribution in [0.15, 0.2) is 42.2 Å². The average molecular weight is 385 g/mol. The Morgan fingerprint density at radius 1 is 1.36 bits per heavy atom. The molecule has 0 radical (unpaired) electrons. The molecular weight excluding hydrogens is 357 g/mol. The number of rotatable bonds is 10. The van der Waals surface area contributed by atoms with E-state index in [1.165, 1.54) is 55.1 Å². The first-order chi connectivity index (χ1) is 13.6. The van der Waals surface area contributed by atoms with Gasteiger partial charge < -0.3 is 15.5 Å². The molecule has 2 N–H and O–H groups in total. The molecule has 1 aromatic carbocycles. The standard InChI is InChI=1S/C22H28FN3O2/c1-24-22(28)11-12-26(15-27)21(10-7-16-5-6-16)18-8-9-19(23)20(13-18)25-14-17-3-2-4-17/h8-9,11-16,21,25H,2-7,10H2,1H3,(H,24,28)/b12-11-. The van der Waals surface area contributed by atoms with E-state index < -0.39 is 0 Å². The van der Waals surface area contributed by atoms with Crippen molar-refractivity contribution in [3.8, 4) is 0 Å². The van der Waals surface area contributed by atoms with Crippen LogP contribution in [0.5, 0.6) is 0 Å². The third kappa shape index (κ3) is 5.44. The first-order valence-electron chi connectivity index (χ1n) is 9.97. The van der Waals surface area contributed by atoms with Gasteiger partial charge in [0.1, 0.15) is 5.82 Å². The van der Waals surface area contributed by atoms with Gasteiger partial charge in [0.15, 0.2) is 0 Å². The molecule has 2 saturated carbocycles. The molecular formula is C22H28FN3O2. The van der Waals surface area contributed by atoms with Crippen LogP contribution in [-0.2, 0) is 9.59 Å². The van der Waals surface area contributed by atoms with Crippen LogP contribution in [0.4, 0.5) is 10.1 Å². The van der Waals surface area contributed by atoms with Gasteiger partial charge in [-0.3, -0.25) is 9.59 Å². The minimum atomic E-state index is -0.320. The van der Waals surface area contributed by atoms with Crippen molar-refractivity contribution in [1.29, 1.82) is 0 Å². The number of likely N-dealkylation sites (N-methyl/N-ethyl adjacent to an activating group) is 1. The van der Waals surface area contributed by atoms with E-state index in [2.05, 4.69) is 10.6 Å². The molecule has 0 aliphatic heterocycles. The lowest BCUT2D eigenvalue weighted by Crippen LogP contribution is -2.24. The normalized spacial score (nSPS) is 17.0. The zero-order valence-electron chi connectivity index (χ0n) is 16.3. The van der Waals surface area contributed by atoms with Gasteiger partial charge in [0.2, 0.25) is 12.3 Å². The van der Waals surface area contributed by atoms with E-state index in [0.29, 0.717) is 11.6 Å². The number of allylic oxidation sites excluding steroid dienone is 1. The number of nitrogens with zero attached hydrogens (tertiary/aromatic N) is 1. The van der Waals surface area contributed by atoms with Crippen LogP contribution >= 0.6 is 0 Å². The highest BCUT2D eigenvalue weighted by molar-refractivity contribution is 5.87. The Labute approximate surface area is 165 Å². The van der Waals surface area contributed by atoms with Crippen molar-refractivity contribution in [2.45, 2.75) is 51.0 Å². The van der Waals surface area contributed by atoms with Gasteiger partial charge in [0.05, 0.1) is 11.7 Å². The molecule has 3 rings (SSSR count). The highest BCUT2D eigenvalue weighted by Crippen LogP contribution is 2.38. The first-order valence-corrected chi connectivity index (χ1v) is 9.97. The summed E-state index contributed by atoms with van der Waals surface area (Å²) in [6.07, 6.45) is 13.0. The lowest BCUT2D eigenvalue weighted by Gasteiger charge is -2.26. The first kappa shape index (κ1) is 20.1. The third-order valence-corrected chi connectivity index (χ3v) is 5.47. The van der Waals surface area contributed by atoms with Gasteiger partial charge in [0.25, 0.3) is 0 Å². The van der Waals surface area contributed by atoms with Gasteiger partial charge in [-0.1, -0.05) is 24.5 Å². The predicted molar refractivity (Wildman–Crippen MR) is 108 cm³/mol. The van der Waals surface area contributed by atoms with Crippen molar-refractivity contribution in [3.05, 3.63) is 53.6 Å². The average Bonchev–Trinajstić information content (AvgIpc) is 3.49. The number of nitrogens with one attached hydrogen (secondary N) is 2. The van der Waals surface area contributed by atoms with Gasteiger partial charge in [-0.05, 0) is 55.7 Å². The molecule has 1 aromatic rings. The number of amides is 2. The number of hydrogen-bond donors (Lipinski definition) is 2. The lowest BCUT2D eigenvalue weighted by molar-refractivity contribution is -0.117. The Morgan fingerprint density at radius 3 is 2.75 bits per heavy atom.